The Balaban J connectivity index is 1.78. The van der Waals surface area contributed by atoms with Crippen LogP contribution in [0, 0.1) is 0 Å². The highest BCUT2D eigenvalue weighted by molar-refractivity contribution is 6.31. The van der Waals surface area contributed by atoms with Crippen molar-refractivity contribution in [3.8, 4) is 23.3 Å². The van der Waals surface area contributed by atoms with E-state index in [2.05, 4.69) is 9.97 Å². The van der Waals surface area contributed by atoms with E-state index >= 15 is 0 Å². The van der Waals surface area contributed by atoms with Gasteiger partial charge in [-0.3, -0.25) is 19.3 Å². The number of imidazole rings is 1. The van der Waals surface area contributed by atoms with Crippen molar-refractivity contribution in [2.24, 2.45) is 7.05 Å². The number of amides is 1. The van der Waals surface area contributed by atoms with Gasteiger partial charge in [0.1, 0.15) is 17.6 Å². The maximum atomic E-state index is 14.1. The number of benzene rings is 1. The second kappa shape index (κ2) is 11.2. The van der Waals surface area contributed by atoms with E-state index in [0.717, 1.165) is 0 Å². The third kappa shape index (κ3) is 5.11. The Bertz CT molecular complexity index is 1720. The molecule has 0 aliphatic carbocycles. The van der Waals surface area contributed by atoms with E-state index in [-0.39, 0.29) is 47.7 Å². The van der Waals surface area contributed by atoms with Gasteiger partial charge in [-0.05, 0) is 30.2 Å². The topological polar surface area (TPSA) is 142 Å². The van der Waals surface area contributed by atoms with Crippen LogP contribution in [0.4, 0.5) is 5.69 Å². The van der Waals surface area contributed by atoms with Crippen LogP contribution >= 0.6 is 23.2 Å². The van der Waals surface area contributed by atoms with Crippen molar-refractivity contribution in [2.75, 3.05) is 19.1 Å². The molecule has 14 heteroatoms. The van der Waals surface area contributed by atoms with Gasteiger partial charge in [0.05, 0.1) is 30.5 Å². The Morgan fingerprint density at radius 2 is 1.80 bits per heavy atom. The quantitative estimate of drug-likeness (QED) is 0.302. The van der Waals surface area contributed by atoms with E-state index in [1.807, 2.05) is 0 Å². The first kappa shape index (κ1) is 28.1. The number of rotatable bonds is 9. The molecule has 0 bridgehead atoms. The summed E-state index contributed by atoms with van der Waals surface area (Å²) in [5.41, 5.74) is 1.17. The number of aromatic nitrogens is 5. The molecule has 1 aliphatic heterocycles. The zero-order chi connectivity index (χ0) is 29.4. The van der Waals surface area contributed by atoms with Gasteiger partial charge in [0.25, 0.3) is 11.5 Å². The molecule has 0 saturated heterocycles. The molecule has 0 spiro atoms. The van der Waals surface area contributed by atoms with Gasteiger partial charge in [0.15, 0.2) is 5.69 Å². The standard InChI is InChI=1S/C27H24Cl2N6O6/c1-33-13-16(29)11-18(25(33)38)35-21(14-6-8-15(28)9-7-14)22-20(26(35)39)31-23(34(22)10-4-5-19(36)37)17-12-30-27(41-3)32-24(17)40-2/h6-9,11-13,21H,4-5,10H2,1-3H3,(H,36,37). The lowest BCUT2D eigenvalue weighted by atomic mass is 10.0. The van der Waals surface area contributed by atoms with Crippen LogP contribution in [0.25, 0.3) is 11.4 Å². The van der Waals surface area contributed by atoms with Gasteiger partial charge < -0.3 is 23.7 Å². The van der Waals surface area contributed by atoms with Crippen LogP contribution in [0.3, 0.4) is 0 Å². The molecular formula is C27H24Cl2N6O6. The molecular weight excluding hydrogens is 575 g/mol. The van der Waals surface area contributed by atoms with Crippen LogP contribution < -0.4 is 19.9 Å². The maximum Gasteiger partial charge on any atom is 0.319 e. The molecule has 0 saturated carbocycles. The molecule has 4 aromatic rings. The Kier molecular flexibility index (Phi) is 7.70. The van der Waals surface area contributed by atoms with Crippen molar-refractivity contribution in [1.29, 1.82) is 0 Å². The summed E-state index contributed by atoms with van der Waals surface area (Å²) in [7, 11) is 4.38. The molecule has 1 aliphatic rings. The van der Waals surface area contributed by atoms with E-state index in [0.29, 0.717) is 27.7 Å². The Morgan fingerprint density at radius 1 is 1.07 bits per heavy atom. The molecule has 3 aromatic heterocycles. The van der Waals surface area contributed by atoms with Gasteiger partial charge in [-0.25, -0.2) is 9.97 Å². The van der Waals surface area contributed by atoms with Crippen molar-refractivity contribution in [3.63, 3.8) is 0 Å². The Hall–Kier alpha value is -4.42. The zero-order valence-corrected chi connectivity index (χ0v) is 23.7. The second-order valence-electron chi connectivity index (χ2n) is 9.19. The van der Waals surface area contributed by atoms with E-state index in [4.69, 9.17) is 37.7 Å². The van der Waals surface area contributed by atoms with Crippen LogP contribution in [0.2, 0.25) is 10.0 Å². The first-order chi connectivity index (χ1) is 19.6. The molecule has 12 nitrogen and oxygen atoms in total. The lowest BCUT2D eigenvalue weighted by Crippen LogP contribution is -2.35. The van der Waals surface area contributed by atoms with Gasteiger partial charge in [0, 0.05) is 37.4 Å². The largest absolute Gasteiger partial charge is 0.481 e. The Morgan fingerprint density at radius 3 is 2.46 bits per heavy atom. The fraction of sp³-hybridized carbons (Fsp3) is 0.259. The minimum atomic E-state index is -0.969. The monoisotopic (exact) mass is 598 g/mol. The minimum absolute atomic E-state index is 0.0620. The zero-order valence-electron chi connectivity index (χ0n) is 22.2. The van der Waals surface area contributed by atoms with Crippen LogP contribution in [-0.2, 0) is 18.4 Å². The number of hydrogen-bond acceptors (Lipinski definition) is 8. The fourth-order valence-electron chi connectivity index (χ4n) is 4.86. The number of aliphatic carboxylic acids is 1. The predicted octanol–water partition coefficient (Wildman–Crippen LogP) is 3.98. The number of nitrogens with zero attached hydrogens (tertiary/aromatic N) is 6. The highest BCUT2D eigenvalue weighted by Gasteiger charge is 2.45. The number of anilines is 1. The molecule has 1 aromatic carbocycles. The number of pyridine rings is 1. The highest BCUT2D eigenvalue weighted by atomic mass is 35.5. The van der Waals surface area contributed by atoms with Crippen LogP contribution in [0.15, 0.2) is 47.5 Å². The molecule has 212 valence electrons. The van der Waals surface area contributed by atoms with Gasteiger partial charge in [-0.1, -0.05) is 35.3 Å². The average molecular weight is 599 g/mol. The summed E-state index contributed by atoms with van der Waals surface area (Å²) in [6.07, 6.45) is 3.02. The summed E-state index contributed by atoms with van der Waals surface area (Å²) >= 11 is 12.5. The molecule has 0 fully saturated rings. The molecule has 5 rings (SSSR count). The second-order valence-corrected chi connectivity index (χ2v) is 10.1. The molecule has 0 radical (unpaired) electrons. The summed E-state index contributed by atoms with van der Waals surface area (Å²) in [4.78, 5) is 53.3. The number of carbonyl (C=O) groups excluding carboxylic acids is 1. The first-order valence-corrected chi connectivity index (χ1v) is 13.1. The number of methoxy groups -OCH3 is 2. The molecule has 1 atom stereocenters. The minimum Gasteiger partial charge on any atom is -0.481 e. The summed E-state index contributed by atoms with van der Waals surface area (Å²) in [5, 5.41) is 10.1. The summed E-state index contributed by atoms with van der Waals surface area (Å²) in [5.74, 6) is -1.06. The van der Waals surface area contributed by atoms with Gasteiger partial charge in [-0.2, -0.15) is 4.98 Å². The molecule has 41 heavy (non-hydrogen) atoms. The van der Waals surface area contributed by atoms with Crippen LogP contribution in [0.5, 0.6) is 11.9 Å². The van der Waals surface area contributed by atoms with Gasteiger partial charge in [-0.15, -0.1) is 0 Å². The fourth-order valence-corrected chi connectivity index (χ4v) is 5.23. The van der Waals surface area contributed by atoms with E-state index < -0.39 is 23.5 Å². The number of ether oxygens (including phenoxy) is 2. The van der Waals surface area contributed by atoms with Crippen molar-refractivity contribution in [2.45, 2.75) is 25.4 Å². The maximum absolute atomic E-state index is 14.1. The number of hydrogen-bond donors (Lipinski definition) is 1. The van der Waals surface area contributed by atoms with Crippen LogP contribution in [0.1, 0.15) is 40.6 Å². The lowest BCUT2D eigenvalue weighted by molar-refractivity contribution is -0.137. The van der Waals surface area contributed by atoms with E-state index in [9.17, 15) is 19.5 Å². The van der Waals surface area contributed by atoms with Gasteiger partial charge in [0.2, 0.25) is 5.88 Å². The van der Waals surface area contributed by atoms with Crippen molar-refractivity contribution in [1.82, 2.24) is 24.1 Å². The third-order valence-corrected chi connectivity index (χ3v) is 7.10. The van der Waals surface area contributed by atoms with Crippen molar-refractivity contribution < 1.29 is 24.2 Å². The lowest BCUT2D eigenvalue weighted by Gasteiger charge is -2.27. The molecule has 1 amide bonds. The number of carboxylic acid groups (broad SMARTS) is 1. The first-order valence-electron chi connectivity index (χ1n) is 12.4. The summed E-state index contributed by atoms with van der Waals surface area (Å²) < 4.78 is 13.6. The number of aryl methyl sites for hydroxylation is 1. The smallest absolute Gasteiger partial charge is 0.319 e. The van der Waals surface area contributed by atoms with E-state index in [1.165, 1.54) is 42.1 Å². The number of carboxylic acids is 1. The van der Waals surface area contributed by atoms with Gasteiger partial charge >= 0.3 is 12.0 Å². The Labute approximate surface area is 243 Å². The van der Waals surface area contributed by atoms with Crippen molar-refractivity contribution in [3.05, 3.63) is 80.1 Å². The molecule has 1 unspecified atom stereocenters. The number of halogens is 2. The number of carbonyl (C=O) groups is 2. The molecule has 1 N–H and O–H groups in total. The predicted molar refractivity (Wildman–Crippen MR) is 150 cm³/mol. The highest BCUT2D eigenvalue weighted by Crippen LogP contribution is 2.44. The average Bonchev–Trinajstić information content (AvgIpc) is 3.45. The normalized spacial score (nSPS) is 14.3. The summed E-state index contributed by atoms with van der Waals surface area (Å²) in [6.45, 7) is 0.178. The van der Waals surface area contributed by atoms with E-state index in [1.54, 1.807) is 35.9 Å². The van der Waals surface area contributed by atoms with Crippen molar-refractivity contribution >= 4 is 40.8 Å². The SMILES string of the molecule is COc1ncc(-c2nc3c(n2CCCC(=O)O)C(c2ccc(Cl)cc2)N(c2cc(Cl)cn(C)c2=O)C3=O)c(OC)n1. The third-order valence-electron chi connectivity index (χ3n) is 6.64. The molecule has 4 heterocycles. The number of fused-ring (bicyclic) bond motifs is 1. The van der Waals surface area contributed by atoms with Crippen LogP contribution in [-0.4, -0.2) is 55.3 Å². The summed E-state index contributed by atoms with van der Waals surface area (Å²) in [6, 6.07) is 7.55.